The number of imide groups is 1. The van der Waals surface area contributed by atoms with Crippen LogP contribution < -0.4 is 20.0 Å². The van der Waals surface area contributed by atoms with Crippen LogP contribution in [0.25, 0.3) is 6.08 Å². The highest BCUT2D eigenvalue weighted by Crippen LogP contribution is 2.26. The van der Waals surface area contributed by atoms with E-state index >= 15 is 0 Å². The quantitative estimate of drug-likeness (QED) is 0.674. The van der Waals surface area contributed by atoms with Gasteiger partial charge < -0.3 is 14.7 Å². The molecule has 0 radical (unpaired) electrons. The molecule has 5 heterocycles. The van der Waals surface area contributed by atoms with Gasteiger partial charge in [0.15, 0.2) is 5.82 Å². The Labute approximate surface area is 196 Å². The second kappa shape index (κ2) is 9.34. The SMILES string of the molecule is Cc1cc(N2CCCN(c3ccnc(C=C4SC(=O)NC4=O)n3)CC2)nc(N2CCCC2)n1. The zero-order valence-corrected chi connectivity index (χ0v) is 19.3. The summed E-state index contributed by atoms with van der Waals surface area (Å²) >= 11 is 0.868. The molecule has 2 aromatic rings. The molecule has 0 spiro atoms. The molecule has 0 atom stereocenters. The third kappa shape index (κ3) is 4.92. The van der Waals surface area contributed by atoms with E-state index in [1.54, 1.807) is 12.3 Å². The predicted molar refractivity (Wildman–Crippen MR) is 128 cm³/mol. The van der Waals surface area contributed by atoms with Crippen LogP contribution in [0.4, 0.5) is 22.4 Å². The molecule has 11 heteroatoms. The van der Waals surface area contributed by atoms with Crippen LogP contribution in [0.2, 0.25) is 0 Å². The van der Waals surface area contributed by atoms with Gasteiger partial charge in [-0.3, -0.25) is 14.9 Å². The van der Waals surface area contributed by atoms with E-state index in [2.05, 4.69) is 41.0 Å². The number of amides is 2. The molecule has 5 rings (SSSR count). The number of aryl methyl sites for hydroxylation is 1. The molecule has 172 valence electrons. The van der Waals surface area contributed by atoms with Crippen LogP contribution in [0.15, 0.2) is 23.2 Å². The molecule has 2 amide bonds. The molecule has 0 saturated carbocycles. The fraction of sp³-hybridized carbons (Fsp3) is 0.455. The van der Waals surface area contributed by atoms with Crippen LogP contribution in [-0.2, 0) is 4.79 Å². The number of rotatable bonds is 4. The van der Waals surface area contributed by atoms with Gasteiger partial charge in [-0.2, -0.15) is 4.98 Å². The van der Waals surface area contributed by atoms with Gasteiger partial charge in [0, 0.05) is 63.3 Å². The average molecular weight is 467 g/mol. The molecule has 33 heavy (non-hydrogen) atoms. The van der Waals surface area contributed by atoms with Crippen LogP contribution >= 0.6 is 11.8 Å². The number of carbonyl (C=O) groups is 2. The summed E-state index contributed by atoms with van der Waals surface area (Å²) in [6.07, 6.45) is 6.61. The maximum Gasteiger partial charge on any atom is 0.290 e. The van der Waals surface area contributed by atoms with Gasteiger partial charge in [-0.05, 0) is 44.0 Å². The molecule has 3 saturated heterocycles. The van der Waals surface area contributed by atoms with Crippen molar-refractivity contribution < 1.29 is 9.59 Å². The van der Waals surface area contributed by atoms with E-state index in [1.807, 2.05) is 13.0 Å². The highest BCUT2D eigenvalue weighted by molar-refractivity contribution is 8.18. The fourth-order valence-corrected chi connectivity index (χ4v) is 4.93. The summed E-state index contributed by atoms with van der Waals surface area (Å²) < 4.78 is 0. The van der Waals surface area contributed by atoms with Crippen molar-refractivity contribution in [3.8, 4) is 0 Å². The van der Waals surface area contributed by atoms with E-state index in [4.69, 9.17) is 4.98 Å². The second-order valence-corrected chi connectivity index (χ2v) is 9.33. The van der Waals surface area contributed by atoms with Crippen molar-refractivity contribution in [2.45, 2.75) is 26.2 Å². The monoisotopic (exact) mass is 466 g/mol. The molecule has 2 aromatic heterocycles. The van der Waals surface area contributed by atoms with E-state index in [-0.39, 0.29) is 5.24 Å². The minimum absolute atomic E-state index is 0.312. The van der Waals surface area contributed by atoms with Crippen LogP contribution in [-0.4, -0.2) is 70.4 Å². The van der Waals surface area contributed by atoms with Gasteiger partial charge in [-0.15, -0.1) is 0 Å². The Morgan fingerprint density at radius 3 is 2.36 bits per heavy atom. The molecule has 0 bridgehead atoms. The lowest BCUT2D eigenvalue weighted by Crippen LogP contribution is -2.32. The standard InChI is InChI=1S/C22H26N8O2S/c1-15-13-19(26-21(24-15)30-7-2-3-8-30)29-10-4-9-28(11-12-29)18-5-6-23-17(25-18)14-16-20(31)27-22(32)33-16/h5-6,13-14H,2-4,7-12H2,1H3,(H,27,31,32). The molecule has 0 unspecified atom stereocenters. The Bertz CT molecular complexity index is 1100. The smallest absolute Gasteiger partial charge is 0.290 e. The first-order valence-corrected chi connectivity index (χ1v) is 12.1. The Morgan fingerprint density at radius 2 is 1.64 bits per heavy atom. The first-order chi connectivity index (χ1) is 16.0. The van der Waals surface area contributed by atoms with Crippen molar-refractivity contribution in [3.05, 3.63) is 34.8 Å². The van der Waals surface area contributed by atoms with Crippen molar-refractivity contribution >= 4 is 46.6 Å². The van der Waals surface area contributed by atoms with Crippen LogP contribution in [0, 0.1) is 6.92 Å². The minimum atomic E-state index is -0.405. The van der Waals surface area contributed by atoms with Gasteiger partial charge in [0.1, 0.15) is 11.6 Å². The lowest BCUT2D eigenvalue weighted by molar-refractivity contribution is -0.115. The van der Waals surface area contributed by atoms with Crippen molar-refractivity contribution in [1.29, 1.82) is 0 Å². The second-order valence-electron chi connectivity index (χ2n) is 8.31. The maximum absolute atomic E-state index is 11.8. The third-order valence-corrected chi connectivity index (χ3v) is 6.73. The van der Waals surface area contributed by atoms with E-state index in [1.165, 1.54) is 12.8 Å². The van der Waals surface area contributed by atoms with E-state index in [9.17, 15) is 9.59 Å². The number of aromatic nitrogens is 4. The third-order valence-electron chi connectivity index (χ3n) is 5.92. The summed E-state index contributed by atoms with van der Waals surface area (Å²) in [6, 6.07) is 3.95. The molecule has 0 aromatic carbocycles. The number of carbonyl (C=O) groups excluding carboxylic acids is 2. The largest absolute Gasteiger partial charge is 0.355 e. The molecule has 3 aliphatic heterocycles. The normalized spacial score (nSPS) is 20.5. The van der Waals surface area contributed by atoms with Gasteiger partial charge in [-0.25, -0.2) is 15.0 Å². The first-order valence-electron chi connectivity index (χ1n) is 11.2. The highest BCUT2D eigenvalue weighted by atomic mass is 32.2. The number of anilines is 3. The predicted octanol–water partition coefficient (Wildman–Crippen LogP) is 2.22. The van der Waals surface area contributed by atoms with Gasteiger partial charge in [0.25, 0.3) is 11.1 Å². The number of nitrogens with one attached hydrogen (secondary N) is 1. The minimum Gasteiger partial charge on any atom is -0.355 e. The van der Waals surface area contributed by atoms with Crippen LogP contribution in [0.3, 0.4) is 0 Å². The van der Waals surface area contributed by atoms with Crippen molar-refractivity contribution in [3.63, 3.8) is 0 Å². The van der Waals surface area contributed by atoms with E-state index < -0.39 is 5.91 Å². The molecular formula is C22H26N8O2S. The lowest BCUT2D eigenvalue weighted by atomic mass is 10.3. The Kier molecular flexibility index (Phi) is 6.12. The molecular weight excluding hydrogens is 440 g/mol. The number of thioether (sulfide) groups is 1. The highest BCUT2D eigenvalue weighted by Gasteiger charge is 2.26. The molecule has 3 aliphatic rings. The fourth-order valence-electron chi connectivity index (χ4n) is 4.28. The van der Waals surface area contributed by atoms with Crippen LogP contribution in [0.5, 0.6) is 0 Å². The zero-order valence-electron chi connectivity index (χ0n) is 18.5. The average Bonchev–Trinajstić information content (AvgIpc) is 3.36. The first kappa shape index (κ1) is 21.6. The number of nitrogens with zero attached hydrogens (tertiary/aromatic N) is 7. The summed E-state index contributed by atoms with van der Waals surface area (Å²) in [5.74, 6) is 2.64. The van der Waals surface area contributed by atoms with Gasteiger partial charge >= 0.3 is 0 Å². The van der Waals surface area contributed by atoms with Crippen molar-refractivity contribution in [2.24, 2.45) is 0 Å². The maximum atomic E-state index is 11.8. The summed E-state index contributed by atoms with van der Waals surface area (Å²) in [6.45, 7) is 7.47. The van der Waals surface area contributed by atoms with Crippen molar-refractivity contribution in [1.82, 2.24) is 25.3 Å². The van der Waals surface area contributed by atoms with Gasteiger partial charge in [0.2, 0.25) is 5.95 Å². The summed E-state index contributed by atoms with van der Waals surface area (Å²) in [4.78, 5) is 48.8. The molecule has 3 fully saturated rings. The summed E-state index contributed by atoms with van der Waals surface area (Å²) in [7, 11) is 0. The molecule has 1 N–H and O–H groups in total. The Morgan fingerprint density at radius 1 is 0.909 bits per heavy atom. The Balaban J connectivity index is 1.30. The van der Waals surface area contributed by atoms with Gasteiger partial charge in [-0.1, -0.05) is 0 Å². The summed E-state index contributed by atoms with van der Waals surface area (Å²) in [5.41, 5.74) is 0.990. The van der Waals surface area contributed by atoms with Crippen molar-refractivity contribution in [2.75, 3.05) is 54.0 Å². The molecule has 0 aliphatic carbocycles. The van der Waals surface area contributed by atoms with E-state index in [0.717, 1.165) is 80.7 Å². The van der Waals surface area contributed by atoms with E-state index in [0.29, 0.717) is 10.7 Å². The molecule has 10 nitrogen and oxygen atoms in total. The lowest BCUT2D eigenvalue weighted by Gasteiger charge is -2.25. The summed E-state index contributed by atoms with van der Waals surface area (Å²) in [5, 5.41) is 1.88. The number of hydrogen-bond donors (Lipinski definition) is 1. The van der Waals surface area contributed by atoms with Gasteiger partial charge in [0.05, 0.1) is 4.91 Å². The number of hydrogen-bond acceptors (Lipinski definition) is 10. The topological polar surface area (TPSA) is 107 Å². The zero-order chi connectivity index (χ0) is 22.8. The Hall–Kier alpha value is -3.21. The van der Waals surface area contributed by atoms with Crippen LogP contribution in [0.1, 0.15) is 30.8 Å².